The molecule has 112 valence electrons. The first-order valence-corrected chi connectivity index (χ1v) is 7.20. The second kappa shape index (κ2) is 7.28. The number of nitrogens with zero attached hydrogens (tertiary/aromatic N) is 3. The maximum atomic E-state index is 11.9. The average Bonchev–Trinajstić information content (AvgIpc) is 2.85. The molecule has 6 nitrogen and oxygen atoms in total. The third-order valence-electron chi connectivity index (χ3n) is 3.86. The van der Waals surface area contributed by atoms with E-state index in [1.165, 1.54) is 0 Å². The Morgan fingerprint density at radius 1 is 1.50 bits per heavy atom. The first-order valence-electron chi connectivity index (χ1n) is 7.20. The van der Waals surface area contributed by atoms with Gasteiger partial charge in [-0.1, -0.05) is 0 Å². The Morgan fingerprint density at radius 3 is 2.85 bits per heavy atom. The van der Waals surface area contributed by atoms with Crippen molar-refractivity contribution in [2.75, 3.05) is 33.4 Å². The summed E-state index contributed by atoms with van der Waals surface area (Å²) in [7, 11) is 1.63. The maximum Gasteiger partial charge on any atom is 0.317 e. The predicted octanol–water partition coefficient (Wildman–Crippen LogP) is 1.26. The number of nitrogens with one attached hydrogen (secondary N) is 1. The van der Waals surface area contributed by atoms with Crippen LogP contribution in [0.2, 0.25) is 0 Å². The smallest absolute Gasteiger partial charge is 0.317 e. The lowest BCUT2D eigenvalue weighted by Gasteiger charge is -2.32. The highest BCUT2D eigenvalue weighted by Gasteiger charge is 2.22. The molecule has 2 heterocycles. The first kappa shape index (κ1) is 14.8. The Morgan fingerprint density at radius 2 is 2.25 bits per heavy atom. The fraction of sp³-hybridized carbons (Fsp3) is 0.714. The van der Waals surface area contributed by atoms with Crippen LogP contribution in [0, 0.1) is 12.8 Å². The van der Waals surface area contributed by atoms with Crippen molar-refractivity contribution in [3.05, 3.63) is 18.2 Å². The molecule has 1 aliphatic heterocycles. The van der Waals surface area contributed by atoms with Crippen molar-refractivity contribution < 1.29 is 9.53 Å². The number of amides is 2. The summed E-state index contributed by atoms with van der Waals surface area (Å²) in [6.45, 7) is 5.82. The highest BCUT2D eigenvalue weighted by molar-refractivity contribution is 5.74. The summed E-state index contributed by atoms with van der Waals surface area (Å²) in [6.07, 6.45) is 5.97. The van der Waals surface area contributed by atoms with Crippen molar-refractivity contribution in [3.8, 4) is 0 Å². The summed E-state index contributed by atoms with van der Waals surface area (Å²) in [5.74, 6) is 1.69. The second-order valence-electron chi connectivity index (χ2n) is 5.28. The normalized spacial score (nSPS) is 16.4. The highest BCUT2D eigenvalue weighted by atomic mass is 16.5. The lowest BCUT2D eigenvalue weighted by atomic mass is 9.97. The van der Waals surface area contributed by atoms with E-state index in [4.69, 9.17) is 4.74 Å². The van der Waals surface area contributed by atoms with E-state index >= 15 is 0 Å². The minimum Gasteiger partial charge on any atom is -0.383 e. The van der Waals surface area contributed by atoms with Crippen molar-refractivity contribution in [3.63, 3.8) is 0 Å². The highest BCUT2D eigenvalue weighted by Crippen LogP contribution is 2.19. The van der Waals surface area contributed by atoms with E-state index in [-0.39, 0.29) is 6.03 Å². The summed E-state index contributed by atoms with van der Waals surface area (Å²) in [5.41, 5.74) is 0. The van der Waals surface area contributed by atoms with Gasteiger partial charge in [-0.3, -0.25) is 0 Å². The molecule has 1 aliphatic rings. The third-order valence-corrected chi connectivity index (χ3v) is 3.86. The Kier molecular flexibility index (Phi) is 5.40. The summed E-state index contributed by atoms with van der Waals surface area (Å²) in [5, 5.41) is 2.87. The Labute approximate surface area is 120 Å². The monoisotopic (exact) mass is 280 g/mol. The van der Waals surface area contributed by atoms with Gasteiger partial charge in [0.25, 0.3) is 0 Å². The number of likely N-dealkylation sites (tertiary alicyclic amines) is 1. The number of hydrogen-bond acceptors (Lipinski definition) is 3. The average molecular weight is 280 g/mol. The van der Waals surface area contributed by atoms with Gasteiger partial charge in [0.05, 0.1) is 6.61 Å². The number of ether oxygens (including phenoxy) is 1. The number of aromatic nitrogens is 2. The topological polar surface area (TPSA) is 59.4 Å². The van der Waals surface area contributed by atoms with Crippen molar-refractivity contribution in [2.24, 2.45) is 5.92 Å². The van der Waals surface area contributed by atoms with Crippen molar-refractivity contribution in [2.45, 2.75) is 26.3 Å². The van der Waals surface area contributed by atoms with E-state index in [0.29, 0.717) is 19.1 Å². The lowest BCUT2D eigenvalue weighted by Crippen LogP contribution is -2.45. The zero-order chi connectivity index (χ0) is 14.4. The van der Waals surface area contributed by atoms with Crippen LogP contribution in [-0.4, -0.2) is 53.8 Å². The molecular weight excluding hydrogens is 256 g/mol. The number of aryl methyl sites for hydroxylation is 1. The quantitative estimate of drug-likeness (QED) is 0.826. The van der Waals surface area contributed by atoms with Crippen molar-refractivity contribution >= 4 is 6.03 Å². The zero-order valence-corrected chi connectivity index (χ0v) is 12.3. The van der Waals surface area contributed by atoms with Crippen LogP contribution >= 0.6 is 0 Å². The number of imidazole rings is 1. The largest absolute Gasteiger partial charge is 0.383 e. The van der Waals surface area contributed by atoms with Gasteiger partial charge < -0.3 is 19.5 Å². The second-order valence-corrected chi connectivity index (χ2v) is 5.28. The lowest BCUT2D eigenvalue weighted by molar-refractivity contribution is 0.157. The molecule has 0 bridgehead atoms. The molecule has 2 amide bonds. The van der Waals surface area contributed by atoms with E-state index in [2.05, 4.69) is 14.9 Å². The fourth-order valence-electron chi connectivity index (χ4n) is 2.57. The molecule has 0 spiro atoms. The first-order chi connectivity index (χ1) is 9.70. The molecule has 0 aromatic carbocycles. The van der Waals surface area contributed by atoms with Crippen molar-refractivity contribution in [1.29, 1.82) is 0 Å². The number of rotatable bonds is 5. The molecule has 0 atom stereocenters. The molecule has 20 heavy (non-hydrogen) atoms. The molecule has 0 aliphatic carbocycles. The third kappa shape index (κ3) is 3.96. The van der Waals surface area contributed by atoms with Gasteiger partial charge in [-0.15, -0.1) is 0 Å². The molecule has 1 aromatic heterocycles. The predicted molar refractivity (Wildman–Crippen MR) is 76.5 cm³/mol. The molecule has 1 saturated heterocycles. The van der Waals surface area contributed by atoms with Gasteiger partial charge in [0, 0.05) is 45.7 Å². The molecule has 6 heteroatoms. The summed E-state index contributed by atoms with van der Waals surface area (Å²) in [4.78, 5) is 18.0. The summed E-state index contributed by atoms with van der Waals surface area (Å²) >= 11 is 0. The maximum absolute atomic E-state index is 11.9. The SMILES string of the molecule is COCCNC(=O)N1CCC(Cn2ccnc2C)CC1. The number of hydrogen-bond donors (Lipinski definition) is 1. The molecule has 0 unspecified atom stereocenters. The zero-order valence-electron chi connectivity index (χ0n) is 12.3. The van der Waals surface area contributed by atoms with Crippen molar-refractivity contribution in [1.82, 2.24) is 19.8 Å². The standard InChI is InChI=1S/C14H24N4O2/c1-12-15-5-9-18(12)11-13-3-7-17(8-4-13)14(19)16-6-10-20-2/h5,9,13H,3-4,6-8,10-11H2,1-2H3,(H,16,19). The van der Waals surface area contributed by atoms with E-state index < -0.39 is 0 Å². The molecule has 1 aromatic rings. The Balaban J connectivity index is 1.72. The molecule has 1 N–H and O–H groups in total. The summed E-state index contributed by atoms with van der Waals surface area (Å²) in [6, 6.07) is 0.0271. The van der Waals surface area contributed by atoms with Gasteiger partial charge >= 0.3 is 6.03 Å². The van der Waals surface area contributed by atoms with Gasteiger partial charge in [0.2, 0.25) is 0 Å². The van der Waals surface area contributed by atoms with Crippen LogP contribution in [0.3, 0.4) is 0 Å². The van der Waals surface area contributed by atoms with Gasteiger partial charge in [-0.2, -0.15) is 0 Å². The van der Waals surface area contributed by atoms with E-state index in [1.54, 1.807) is 7.11 Å². The van der Waals surface area contributed by atoms with Crippen LogP contribution in [0.4, 0.5) is 4.79 Å². The minimum absolute atomic E-state index is 0.0271. The molecule has 0 radical (unpaired) electrons. The number of piperidine rings is 1. The van der Waals surface area contributed by atoms with E-state index in [0.717, 1.165) is 38.3 Å². The number of carbonyl (C=O) groups excluding carboxylic acids is 1. The van der Waals surface area contributed by atoms with Crippen LogP contribution < -0.4 is 5.32 Å². The number of carbonyl (C=O) groups is 1. The van der Waals surface area contributed by atoms with Crippen LogP contribution in [0.25, 0.3) is 0 Å². The van der Waals surface area contributed by atoms with E-state index in [9.17, 15) is 4.79 Å². The van der Waals surface area contributed by atoms with E-state index in [1.807, 2.05) is 24.2 Å². The fourth-order valence-corrected chi connectivity index (χ4v) is 2.57. The van der Waals surface area contributed by atoms with Gasteiger partial charge in [-0.25, -0.2) is 9.78 Å². The summed E-state index contributed by atoms with van der Waals surface area (Å²) < 4.78 is 7.12. The molecular formula is C14H24N4O2. The molecule has 2 rings (SSSR count). The van der Waals surface area contributed by atoms with Gasteiger partial charge in [0.1, 0.15) is 5.82 Å². The van der Waals surface area contributed by atoms with Gasteiger partial charge in [0.15, 0.2) is 0 Å². The Hall–Kier alpha value is -1.56. The number of urea groups is 1. The van der Waals surface area contributed by atoms with Crippen LogP contribution in [0.1, 0.15) is 18.7 Å². The van der Waals surface area contributed by atoms with Crippen LogP contribution in [0.15, 0.2) is 12.4 Å². The molecule has 1 fully saturated rings. The number of methoxy groups -OCH3 is 1. The minimum atomic E-state index is 0.0271. The van der Waals surface area contributed by atoms with Crippen LogP contribution in [-0.2, 0) is 11.3 Å². The van der Waals surface area contributed by atoms with Gasteiger partial charge in [-0.05, 0) is 25.7 Å². The molecule has 0 saturated carbocycles. The van der Waals surface area contributed by atoms with Crippen LogP contribution in [0.5, 0.6) is 0 Å². The Bertz CT molecular complexity index is 425.